The van der Waals surface area contributed by atoms with Gasteiger partial charge < -0.3 is 9.64 Å². The van der Waals surface area contributed by atoms with Gasteiger partial charge in [0.05, 0.1) is 30.6 Å². The number of hydrogen-bond acceptors (Lipinski definition) is 6. The van der Waals surface area contributed by atoms with Gasteiger partial charge in [0.2, 0.25) is 0 Å². The number of non-ortho nitro benzene ring substituents is 1. The fraction of sp³-hybridized carbons (Fsp3) is 0.250. The molecule has 32 heavy (non-hydrogen) atoms. The highest BCUT2D eigenvalue weighted by Gasteiger charge is 2.25. The molecule has 1 fully saturated rings. The molecule has 0 bridgehead atoms. The molecule has 1 heterocycles. The molecule has 4 rings (SSSR count). The molecule has 2 aromatic carbocycles. The van der Waals surface area contributed by atoms with Gasteiger partial charge in [-0.15, -0.1) is 0 Å². The van der Waals surface area contributed by atoms with Gasteiger partial charge in [0.25, 0.3) is 5.69 Å². The number of rotatable bonds is 6. The Balaban J connectivity index is 1.62. The number of ether oxygens (including phenoxy) is 1. The molecular formula is C24H23IN4O3. The van der Waals surface area contributed by atoms with E-state index in [0.717, 1.165) is 57.5 Å². The molecule has 0 unspecified atom stereocenters. The summed E-state index contributed by atoms with van der Waals surface area (Å²) < 4.78 is 6.66. The zero-order valence-corrected chi connectivity index (χ0v) is 19.6. The van der Waals surface area contributed by atoms with Gasteiger partial charge in [-0.05, 0) is 64.3 Å². The molecule has 1 aliphatic heterocycles. The Morgan fingerprint density at radius 3 is 2.59 bits per heavy atom. The van der Waals surface area contributed by atoms with Crippen LogP contribution in [0.25, 0.3) is 6.08 Å². The van der Waals surface area contributed by atoms with Crippen LogP contribution in [0.4, 0.5) is 5.69 Å². The van der Waals surface area contributed by atoms with Crippen molar-refractivity contribution in [2.24, 2.45) is 10.2 Å². The van der Waals surface area contributed by atoms with E-state index >= 15 is 0 Å². The average molecular weight is 542 g/mol. The molecule has 0 atom stereocenters. The molecule has 2 aliphatic rings. The van der Waals surface area contributed by atoms with E-state index in [1.54, 1.807) is 18.3 Å². The summed E-state index contributed by atoms with van der Waals surface area (Å²) >= 11 is 2.28. The van der Waals surface area contributed by atoms with E-state index in [1.165, 1.54) is 6.07 Å². The standard InChI is InChI=1S/C24H23IN4O3/c25-23-7-2-1-5-20(23)16-26-27-17-21-9-8-19(24(21)28-10-12-32-13-11-28)14-18-4-3-6-22(15-18)29(30)31/h1-7,14-17H,8-13H2/b19-14+,26-16+,27-17+. The van der Waals surface area contributed by atoms with E-state index in [2.05, 4.69) is 37.7 Å². The lowest BCUT2D eigenvalue weighted by Gasteiger charge is -2.31. The largest absolute Gasteiger partial charge is 0.378 e. The lowest BCUT2D eigenvalue weighted by atomic mass is 10.1. The molecule has 0 radical (unpaired) electrons. The van der Waals surface area contributed by atoms with Crippen molar-refractivity contribution in [2.75, 3.05) is 26.3 Å². The summed E-state index contributed by atoms with van der Waals surface area (Å²) in [6.07, 6.45) is 7.37. The fourth-order valence-electron chi connectivity index (χ4n) is 3.88. The van der Waals surface area contributed by atoms with Crippen molar-refractivity contribution in [3.05, 3.63) is 90.2 Å². The molecular weight excluding hydrogens is 519 g/mol. The van der Waals surface area contributed by atoms with Crippen molar-refractivity contribution in [1.29, 1.82) is 0 Å². The summed E-state index contributed by atoms with van der Waals surface area (Å²) in [6, 6.07) is 14.8. The molecule has 0 N–H and O–H groups in total. The van der Waals surface area contributed by atoms with Gasteiger partial charge in [0, 0.05) is 40.1 Å². The van der Waals surface area contributed by atoms with Crippen LogP contribution < -0.4 is 0 Å². The van der Waals surface area contributed by atoms with Crippen LogP contribution in [-0.2, 0) is 4.74 Å². The highest BCUT2D eigenvalue weighted by Crippen LogP contribution is 2.35. The van der Waals surface area contributed by atoms with E-state index in [4.69, 9.17) is 4.74 Å². The predicted octanol–water partition coefficient (Wildman–Crippen LogP) is 5.07. The van der Waals surface area contributed by atoms with Gasteiger partial charge in [-0.25, -0.2) is 0 Å². The molecule has 1 saturated heterocycles. The quantitative estimate of drug-likeness (QED) is 0.221. The van der Waals surface area contributed by atoms with Crippen LogP contribution in [0.3, 0.4) is 0 Å². The van der Waals surface area contributed by atoms with Gasteiger partial charge in [0.1, 0.15) is 0 Å². The number of allylic oxidation sites excluding steroid dienone is 2. The summed E-state index contributed by atoms with van der Waals surface area (Å²) in [7, 11) is 0. The molecule has 8 heteroatoms. The first-order chi connectivity index (χ1) is 15.6. The van der Waals surface area contributed by atoms with Gasteiger partial charge in [-0.2, -0.15) is 10.2 Å². The zero-order valence-electron chi connectivity index (χ0n) is 17.5. The lowest BCUT2D eigenvalue weighted by molar-refractivity contribution is -0.384. The number of nitro groups is 1. The van der Waals surface area contributed by atoms with Crippen molar-refractivity contribution in [1.82, 2.24) is 4.90 Å². The number of hydrogen-bond donors (Lipinski definition) is 0. The first-order valence-corrected chi connectivity index (χ1v) is 11.5. The predicted molar refractivity (Wildman–Crippen MR) is 135 cm³/mol. The lowest BCUT2D eigenvalue weighted by Crippen LogP contribution is -2.36. The number of morpholine rings is 1. The number of benzene rings is 2. The second kappa shape index (κ2) is 10.6. The van der Waals surface area contributed by atoms with E-state index in [9.17, 15) is 10.1 Å². The second-order valence-corrected chi connectivity index (χ2v) is 8.67. The Bertz CT molecular complexity index is 1120. The molecule has 2 aromatic rings. The van der Waals surface area contributed by atoms with Crippen LogP contribution in [-0.4, -0.2) is 48.6 Å². The number of halogens is 1. The first kappa shape index (κ1) is 22.3. The van der Waals surface area contributed by atoms with Crippen LogP contribution >= 0.6 is 22.6 Å². The minimum Gasteiger partial charge on any atom is -0.378 e. The highest BCUT2D eigenvalue weighted by atomic mass is 127. The molecule has 7 nitrogen and oxygen atoms in total. The summed E-state index contributed by atoms with van der Waals surface area (Å²) in [5.41, 5.74) is 5.40. The summed E-state index contributed by atoms with van der Waals surface area (Å²) in [5, 5.41) is 19.7. The number of nitrogens with zero attached hydrogens (tertiary/aromatic N) is 4. The Hall–Kier alpha value is -2.85. The third-order valence-electron chi connectivity index (χ3n) is 5.40. The summed E-state index contributed by atoms with van der Waals surface area (Å²) in [4.78, 5) is 13.1. The van der Waals surface area contributed by atoms with Crippen molar-refractivity contribution in [3.8, 4) is 0 Å². The van der Waals surface area contributed by atoms with Crippen molar-refractivity contribution in [2.45, 2.75) is 12.8 Å². The molecule has 0 aromatic heterocycles. The smallest absolute Gasteiger partial charge is 0.270 e. The van der Waals surface area contributed by atoms with Gasteiger partial charge >= 0.3 is 0 Å². The monoisotopic (exact) mass is 542 g/mol. The maximum Gasteiger partial charge on any atom is 0.270 e. The SMILES string of the molecule is O=[N+]([O-])c1cccc(/C=C2\CCC(/C=N/N=C/c3ccccc3I)=C2N2CCOCC2)c1. The summed E-state index contributed by atoms with van der Waals surface area (Å²) in [6.45, 7) is 2.99. The average Bonchev–Trinajstić information content (AvgIpc) is 3.20. The van der Waals surface area contributed by atoms with Crippen molar-refractivity contribution < 1.29 is 9.66 Å². The van der Waals surface area contributed by atoms with Gasteiger partial charge in [-0.3, -0.25) is 10.1 Å². The third-order valence-corrected chi connectivity index (χ3v) is 6.39. The zero-order chi connectivity index (χ0) is 22.3. The van der Waals surface area contributed by atoms with Crippen molar-refractivity contribution in [3.63, 3.8) is 0 Å². The maximum absolute atomic E-state index is 11.1. The van der Waals surface area contributed by atoms with Crippen LogP contribution in [0.2, 0.25) is 0 Å². The van der Waals surface area contributed by atoms with E-state index < -0.39 is 0 Å². The van der Waals surface area contributed by atoms with Crippen LogP contribution in [0.5, 0.6) is 0 Å². The normalized spacial score (nSPS) is 18.4. The number of nitro benzene ring substituents is 1. The van der Waals surface area contributed by atoms with E-state index in [-0.39, 0.29) is 10.6 Å². The Labute approximate surface area is 200 Å². The fourth-order valence-corrected chi connectivity index (χ4v) is 4.41. The van der Waals surface area contributed by atoms with E-state index in [1.807, 2.05) is 42.6 Å². The molecule has 0 spiro atoms. The molecule has 0 saturated carbocycles. The van der Waals surface area contributed by atoms with Crippen LogP contribution in [0, 0.1) is 13.7 Å². The topological polar surface area (TPSA) is 80.3 Å². The minimum absolute atomic E-state index is 0.0981. The Morgan fingerprint density at radius 1 is 1.03 bits per heavy atom. The van der Waals surface area contributed by atoms with Crippen LogP contribution in [0.15, 0.2) is 75.6 Å². The van der Waals surface area contributed by atoms with Crippen molar-refractivity contribution >= 4 is 46.8 Å². The Morgan fingerprint density at radius 2 is 1.81 bits per heavy atom. The summed E-state index contributed by atoms with van der Waals surface area (Å²) in [5.74, 6) is 0. The minimum atomic E-state index is -0.362. The van der Waals surface area contributed by atoms with Gasteiger partial charge in [-0.1, -0.05) is 30.3 Å². The second-order valence-electron chi connectivity index (χ2n) is 7.51. The molecule has 0 amide bonds. The maximum atomic E-state index is 11.1. The first-order valence-electron chi connectivity index (χ1n) is 10.4. The van der Waals surface area contributed by atoms with Gasteiger partial charge in [0.15, 0.2) is 0 Å². The van der Waals surface area contributed by atoms with E-state index in [0.29, 0.717) is 13.2 Å². The highest BCUT2D eigenvalue weighted by molar-refractivity contribution is 14.1. The van der Waals surface area contributed by atoms with Crippen LogP contribution in [0.1, 0.15) is 24.0 Å². The Kier molecular flexibility index (Phi) is 7.43. The molecule has 164 valence electrons. The molecule has 1 aliphatic carbocycles. The third kappa shape index (κ3) is 5.49.